The highest BCUT2D eigenvalue weighted by Crippen LogP contribution is 2.36. The number of sulfonamides is 1. The van der Waals surface area contributed by atoms with Crippen molar-refractivity contribution in [1.82, 2.24) is 9.21 Å². The Hall–Kier alpha value is -1.93. The van der Waals surface area contributed by atoms with Gasteiger partial charge in [0.25, 0.3) is 5.91 Å². The Bertz CT molecular complexity index is 848. The number of carbonyl (C=O) groups excluding carboxylic acids is 1. The van der Waals surface area contributed by atoms with Crippen LogP contribution in [0, 0.1) is 0 Å². The minimum atomic E-state index is -3.59. The molecule has 0 unspecified atom stereocenters. The van der Waals surface area contributed by atoms with E-state index in [1.807, 2.05) is 32.9 Å². The number of nitrogens with zero attached hydrogens (tertiary/aromatic N) is 3. The molecule has 0 radical (unpaired) electrons. The van der Waals surface area contributed by atoms with Crippen LogP contribution in [0.5, 0.6) is 0 Å². The molecular formula is C19H27N3O4S. The lowest BCUT2D eigenvalue weighted by Gasteiger charge is -2.23. The van der Waals surface area contributed by atoms with Gasteiger partial charge in [0.1, 0.15) is 5.71 Å². The van der Waals surface area contributed by atoms with Crippen LogP contribution in [-0.4, -0.2) is 61.0 Å². The standard InChI is InChI=1S/C19H27N3O4S/c1-5-15-6-8-16(9-7-15)27(24,25)22-11-10-19(13-22)12-17(20-26-19)18(23)21(4)14(2)3/h6-9,14H,5,10-13H2,1-4H3/t19-/m0/s1. The fraction of sp³-hybridized carbons (Fsp3) is 0.579. The molecule has 1 fully saturated rings. The average molecular weight is 394 g/mol. The van der Waals surface area contributed by atoms with E-state index in [2.05, 4.69) is 5.16 Å². The van der Waals surface area contributed by atoms with Crippen molar-refractivity contribution in [2.75, 3.05) is 20.1 Å². The summed E-state index contributed by atoms with van der Waals surface area (Å²) in [4.78, 5) is 20.0. The molecule has 0 aromatic heterocycles. The summed E-state index contributed by atoms with van der Waals surface area (Å²) in [5.41, 5.74) is 0.716. The summed E-state index contributed by atoms with van der Waals surface area (Å²) in [5.74, 6) is -0.168. The average Bonchev–Trinajstić information content (AvgIpc) is 3.28. The maximum Gasteiger partial charge on any atom is 0.271 e. The Morgan fingerprint density at radius 2 is 2.00 bits per heavy atom. The van der Waals surface area contributed by atoms with Gasteiger partial charge in [-0.1, -0.05) is 24.2 Å². The lowest BCUT2D eigenvalue weighted by atomic mass is 9.96. The van der Waals surface area contributed by atoms with E-state index in [0.717, 1.165) is 12.0 Å². The predicted molar refractivity (Wildman–Crippen MR) is 103 cm³/mol. The van der Waals surface area contributed by atoms with Crippen molar-refractivity contribution in [3.05, 3.63) is 29.8 Å². The first kappa shape index (κ1) is 19.8. The van der Waals surface area contributed by atoms with Crippen molar-refractivity contribution < 1.29 is 18.0 Å². The molecule has 0 aliphatic carbocycles. The zero-order chi connectivity index (χ0) is 19.8. The van der Waals surface area contributed by atoms with Gasteiger partial charge < -0.3 is 9.74 Å². The maximum atomic E-state index is 12.9. The molecule has 2 aliphatic heterocycles. The molecule has 2 heterocycles. The van der Waals surface area contributed by atoms with Crippen LogP contribution in [-0.2, 0) is 26.1 Å². The van der Waals surface area contributed by atoms with Gasteiger partial charge in [0, 0.05) is 32.5 Å². The number of aryl methyl sites for hydroxylation is 1. The third-order valence-corrected chi connectivity index (χ3v) is 7.29. The summed E-state index contributed by atoms with van der Waals surface area (Å²) < 4.78 is 27.3. The number of hydrogen-bond donors (Lipinski definition) is 0. The van der Waals surface area contributed by atoms with Crippen LogP contribution in [0.25, 0.3) is 0 Å². The molecule has 1 spiro atoms. The number of oxime groups is 1. The van der Waals surface area contributed by atoms with E-state index < -0.39 is 15.6 Å². The molecule has 1 amide bonds. The highest BCUT2D eigenvalue weighted by molar-refractivity contribution is 7.89. The van der Waals surface area contributed by atoms with Gasteiger partial charge in [-0.15, -0.1) is 0 Å². The predicted octanol–water partition coefficient (Wildman–Crippen LogP) is 2.03. The molecule has 0 N–H and O–H groups in total. The Kier molecular flexibility index (Phi) is 5.31. The third-order valence-electron chi connectivity index (χ3n) is 5.43. The van der Waals surface area contributed by atoms with Crippen molar-refractivity contribution in [2.45, 2.75) is 56.6 Å². The Labute approximate surface area is 161 Å². The first-order valence-electron chi connectivity index (χ1n) is 9.30. The number of hydrogen-bond acceptors (Lipinski definition) is 5. The lowest BCUT2D eigenvalue weighted by Crippen LogP contribution is -2.40. The van der Waals surface area contributed by atoms with Gasteiger partial charge in [0.05, 0.1) is 11.4 Å². The van der Waals surface area contributed by atoms with Crippen LogP contribution in [0.3, 0.4) is 0 Å². The van der Waals surface area contributed by atoms with Crippen LogP contribution in [0.2, 0.25) is 0 Å². The molecule has 0 bridgehead atoms. The van der Waals surface area contributed by atoms with Crippen molar-refractivity contribution in [3.63, 3.8) is 0 Å². The lowest BCUT2D eigenvalue weighted by molar-refractivity contribution is -0.124. The molecule has 8 heteroatoms. The van der Waals surface area contributed by atoms with Gasteiger partial charge in [0.15, 0.2) is 5.60 Å². The second-order valence-electron chi connectivity index (χ2n) is 7.58. The molecule has 0 saturated carbocycles. The van der Waals surface area contributed by atoms with Crippen LogP contribution in [0.1, 0.15) is 39.2 Å². The van der Waals surface area contributed by atoms with E-state index in [1.54, 1.807) is 24.1 Å². The van der Waals surface area contributed by atoms with Crippen molar-refractivity contribution in [2.24, 2.45) is 5.16 Å². The maximum absolute atomic E-state index is 12.9. The number of amides is 1. The summed E-state index contributed by atoms with van der Waals surface area (Å²) in [6.45, 7) is 6.45. The van der Waals surface area contributed by atoms with E-state index in [1.165, 1.54) is 4.31 Å². The fourth-order valence-corrected chi connectivity index (χ4v) is 4.87. The first-order valence-corrected chi connectivity index (χ1v) is 10.7. The van der Waals surface area contributed by atoms with E-state index in [9.17, 15) is 13.2 Å². The highest BCUT2D eigenvalue weighted by atomic mass is 32.2. The van der Waals surface area contributed by atoms with Crippen molar-refractivity contribution in [1.29, 1.82) is 0 Å². The normalized spacial score (nSPS) is 22.9. The van der Waals surface area contributed by atoms with Gasteiger partial charge in [-0.25, -0.2) is 8.42 Å². The van der Waals surface area contributed by atoms with E-state index >= 15 is 0 Å². The highest BCUT2D eigenvalue weighted by Gasteiger charge is 2.50. The van der Waals surface area contributed by atoms with Crippen LogP contribution < -0.4 is 0 Å². The Morgan fingerprint density at radius 3 is 2.59 bits per heavy atom. The zero-order valence-electron chi connectivity index (χ0n) is 16.3. The monoisotopic (exact) mass is 393 g/mol. The summed E-state index contributed by atoms with van der Waals surface area (Å²) >= 11 is 0. The molecule has 1 aromatic carbocycles. The molecule has 1 aromatic rings. The summed E-state index contributed by atoms with van der Waals surface area (Å²) in [5, 5.41) is 3.99. The van der Waals surface area contributed by atoms with Gasteiger partial charge in [-0.3, -0.25) is 4.79 Å². The third kappa shape index (κ3) is 3.73. The van der Waals surface area contributed by atoms with Crippen molar-refractivity contribution in [3.8, 4) is 0 Å². The number of rotatable bonds is 5. The molecular weight excluding hydrogens is 366 g/mol. The largest absolute Gasteiger partial charge is 0.387 e. The molecule has 27 heavy (non-hydrogen) atoms. The molecule has 3 rings (SSSR count). The number of benzene rings is 1. The Balaban J connectivity index is 1.71. The first-order chi connectivity index (χ1) is 12.7. The molecule has 7 nitrogen and oxygen atoms in total. The minimum Gasteiger partial charge on any atom is -0.387 e. The van der Waals surface area contributed by atoms with Gasteiger partial charge in [-0.05, 0) is 38.0 Å². The minimum absolute atomic E-state index is 0.0586. The fourth-order valence-electron chi connectivity index (χ4n) is 3.35. The van der Waals surface area contributed by atoms with Crippen LogP contribution in [0.15, 0.2) is 34.3 Å². The summed E-state index contributed by atoms with van der Waals surface area (Å²) in [7, 11) is -1.86. The van der Waals surface area contributed by atoms with E-state index in [0.29, 0.717) is 25.1 Å². The Morgan fingerprint density at radius 1 is 1.33 bits per heavy atom. The second-order valence-corrected chi connectivity index (χ2v) is 9.52. The summed E-state index contributed by atoms with van der Waals surface area (Å²) in [6, 6.07) is 7.04. The SMILES string of the molecule is CCc1ccc(S(=O)(=O)N2CC[C@]3(CC(C(=O)N(C)C(C)C)=NO3)C2)cc1. The quantitative estimate of drug-likeness (QED) is 0.767. The van der Waals surface area contributed by atoms with Crippen molar-refractivity contribution >= 4 is 21.6 Å². The molecule has 1 saturated heterocycles. The van der Waals surface area contributed by atoms with Crippen LogP contribution >= 0.6 is 0 Å². The topological polar surface area (TPSA) is 79.3 Å². The molecule has 148 valence electrons. The molecule has 1 atom stereocenters. The van der Waals surface area contributed by atoms with E-state index in [4.69, 9.17) is 4.84 Å². The number of carbonyl (C=O) groups is 1. The summed E-state index contributed by atoms with van der Waals surface area (Å²) in [6.07, 6.45) is 1.72. The zero-order valence-corrected chi connectivity index (χ0v) is 17.1. The molecule has 2 aliphatic rings. The van der Waals surface area contributed by atoms with Gasteiger partial charge >= 0.3 is 0 Å². The van der Waals surface area contributed by atoms with E-state index in [-0.39, 0.29) is 23.4 Å². The smallest absolute Gasteiger partial charge is 0.271 e. The second kappa shape index (κ2) is 7.24. The van der Waals surface area contributed by atoms with Gasteiger partial charge in [-0.2, -0.15) is 4.31 Å². The van der Waals surface area contributed by atoms with Gasteiger partial charge in [0.2, 0.25) is 10.0 Å². The van der Waals surface area contributed by atoms with Crippen LogP contribution in [0.4, 0.5) is 0 Å².